The van der Waals surface area contributed by atoms with Gasteiger partial charge in [-0.05, 0) is 48.4 Å². The van der Waals surface area contributed by atoms with Crippen molar-refractivity contribution in [2.75, 3.05) is 0 Å². The summed E-state index contributed by atoms with van der Waals surface area (Å²) < 4.78 is 0. The van der Waals surface area contributed by atoms with Gasteiger partial charge in [0.2, 0.25) is 0 Å². The van der Waals surface area contributed by atoms with Gasteiger partial charge >= 0.3 is 0 Å². The van der Waals surface area contributed by atoms with Crippen LogP contribution < -0.4 is 0 Å². The van der Waals surface area contributed by atoms with Crippen molar-refractivity contribution >= 4 is 16.6 Å². The van der Waals surface area contributed by atoms with Crippen molar-refractivity contribution in [3.8, 4) is 0 Å². The number of carbonyl (C=O) groups is 1. The second-order valence-electron chi connectivity index (χ2n) is 6.94. The van der Waals surface area contributed by atoms with Gasteiger partial charge in [-0.25, -0.2) is 0 Å². The molecule has 1 N–H and O–H groups in total. The van der Waals surface area contributed by atoms with Gasteiger partial charge in [-0.1, -0.05) is 54.6 Å². The van der Waals surface area contributed by atoms with Crippen LogP contribution in [0.2, 0.25) is 0 Å². The average Bonchev–Trinajstić information content (AvgIpc) is 2.97. The minimum absolute atomic E-state index is 0.314. The van der Waals surface area contributed by atoms with Crippen molar-refractivity contribution in [1.29, 1.82) is 0 Å². The Balaban J connectivity index is 1.61. The van der Waals surface area contributed by atoms with E-state index in [-0.39, 0.29) is 0 Å². The van der Waals surface area contributed by atoms with Crippen molar-refractivity contribution in [2.24, 2.45) is 5.92 Å². The van der Waals surface area contributed by atoms with E-state index in [9.17, 15) is 9.90 Å². The molecule has 2 nitrogen and oxygen atoms in total. The van der Waals surface area contributed by atoms with Gasteiger partial charge in [0, 0.05) is 12.8 Å². The van der Waals surface area contributed by atoms with Crippen LogP contribution in [-0.4, -0.2) is 16.5 Å². The van der Waals surface area contributed by atoms with E-state index in [2.05, 4.69) is 30.3 Å². The topological polar surface area (TPSA) is 37.3 Å². The van der Waals surface area contributed by atoms with Crippen LogP contribution in [0.3, 0.4) is 0 Å². The SMILES string of the molecule is CC(O)(/C=C/[C@H]1CCC(=O)C1)CCc1ccc2ccccc2c1. The maximum atomic E-state index is 11.3. The molecule has 0 aromatic heterocycles. The first-order valence-electron chi connectivity index (χ1n) is 8.43. The third kappa shape index (κ3) is 4.29. The van der Waals surface area contributed by atoms with Crippen LogP contribution >= 0.6 is 0 Å². The number of carbonyl (C=O) groups excluding carboxylic acids is 1. The number of hydrogen-bond acceptors (Lipinski definition) is 2. The summed E-state index contributed by atoms with van der Waals surface area (Å²) in [5.41, 5.74) is 0.422. The number of benzene rings is 2. The van der Waals surface area contributed by atoms with Crippen LogP contribution in [-0.2, 0) is 11.2 Å². The monoisotopic (exact) mass is 308 g/mol. The summed E-state index contributed by atoms with van der Waals surface area (Å²) >= 11 is 0. The van der Waals surface area contributed by atoms with E-state index in [0.29, 0.717) is 31.0 Å². The molecule has 2 heteroatoms. The highest BCUT2D eigenvalue weighted by molar-refractivity contribution is 5.83. The van der Waals surface area contributed by atoms with E-state index < -0.39 is 5.60 Å². The standard InChI is InChI=1S/C21H24O2/c1-21(23,13-11-17-7-9-20(22)15-17)12-10-16-6-8-18-4-2-3-5-19(18)14-16/h2-6,8,11,13-14,17,23H,7,9-10,12,15H2,1H3/b13-11+/t17-,21?/m1/s1. The van der Waals surface area contributed by atoms with Crippen LogP contribution in [0.25, 0.3) is 10.8 Å². The van der Waals surface area contributed by atoms with Gasteiger partial charge in [-0.15, -0.1) is 0 Å². The van der Waals surface area contributed by atoms with Crippen LogP contribution in [0.15, 0.2) is 54.6 Å². The summed E-state index contributed by atoms with van der Waals surface area (Å²) in [7, 11) is 0. The van der Waals surface area contributed by atoms with Crippen LogP contribution in [0.1, 0.15) is 38.2 Å². The van der Waals surface area contributed by atoms with E-state index >= 15 is 0 Å². The van der Waals surface area contributed by atoms with Gasteiger partial charge in [-0.3, -0.25) is 4.79 Å². The molecular formula is C21H24O2. The van der Waals surface area contributed by atoms with Crippen molar-refractivity contribution in [2.45, 2.75) is 44.6 Å². The lowest BCUT2D eigenvalue weighted by molar-refractivity contribution is -0.117. The quantitative estimate of drug-likeness (QED) is 0.829. The zero-order valence-electron chi connectivity index (χ0n) is 13.7. The zero-order valence-corrected chi connectivity index (χ0v) is 13.7. The van der Waals surface area contributed by atoms with Crippen LogP contribution in [0.4, 0.5) is 0 Å². The molecule has 2 aromatic rings. The molecule has 1 aliphatic carbocycles. The molecule has 2 aromatic carbocycles. The number of hydrogen-bond donors (Lipinski definition) is 1. The third-order valence-electron chi connectivity index (χ3n) is 4.74. The summed E-state index contributed by atoms with van der Waals surface area (Å²) in [6, 6.07) is 14.8. The number of aliphatic hydroxyl groups is 1. The first-order chi connectivity index (χ1) is 11.0. The van der Waals surface area contributed by atoms with E-state index in [1.807, 2.05) is 31.2 Å². The molecule has 1 saturated carbocycles. The maximum Gasteiger partial charge on any atom is 0.133 e. The smallest absolute Gasteiger partial charge is 0.133 e. The molecule has 1 unspecified atom stereocenters. The van der Waals surface area contributed by atoms with Gasteiger partial charge in [0.25, 0.3) is 0 Å². The number of fused-ring (bicyclic) bond motifs is 1. The number of rotatable bonds is 5. The number of aryl methyl sites for hydroxylation is 1. The highest BCUT2D eigenvalue weighted by Gasteiger charge is 2.22. The first kappa shape index (κ1) is 15.9. The highest BCUT2D eigenvalue weighted by Crippen LogP contribution is 2.25. The molecule has 0 saturated heterocycles. The van der Waals surface area contributed by atoms with Gasteiger partial charge in [0.05, 0.1) is 5.60 Å². The fraction of sp³-hybridized carbons (Fsp3) is 0.381. The summed E-state index contributed by atoms with van der Waals surface area (Å²) in [4.78, 5) is 11.3. The van der Waals surface area contributed by atoms with Crippen molar-refractivity contribution in [1.82, 2.24) is 0 Å². The fourth-order valence-corrected chi connectivity index (χ4v) is 3.23. The van der Waals surface area contributed by atoms with Crippen molar-refractivity contribution in [3.63, 3.8) is 0 Å². The predicted molar refractivity (Wildman–Crippen MR) is 94.4 cm³/mol. The van der Waals surface area contributed by atoms with Gasteiger partial charge in [0.1, 0.15) is 5.78 Å². The Morgan fingerprint density at radius 2 is 2.00 bits per heavy atom. The molecule has 0 amide bonds. The molecule has 0 bridgehead atoms. The Morgan fingerprint density at radius 1 is 1.22 bits per heavy atom. The molecule has 0 spiro atoms. The van der Waals surface area contributed by atoms with Crippen LogP contribution in [0.5, 0.6) is 0 Å². The van der Waals surface area contributed by atoms with Gasteiger partial charge in [0.15, 0.2) is 0 Å². The number of ketones is 1. The molecule has 0 aliphatic heterocycles. The third-order valence-corrected chi connectivity index (χ3v) is 4.74. The van der Waals surface area contributed by atoms with E-state index in [1.165, 1.54) is 16.3 Å². The minimum atomic E-state index is -0.822. The summed E-state index contributed by atoms with van der Waals surface area (Å²) in [6.07, 6.45) is 7.69. The zero-order chi connectivity index (χ0) is 16.3. The Bertz CT molecular complexity index is 727. The normalized spacial score (nSPS) is 21.1. The number of allylic oxidation sites excluding steroid dienone is 1. The molecule has 23 heavy (non-hydrogen) atoms. The Morgan fingerprint density at radius 3 is 2.74 bits per heavy atom. The second kappa shape index (κ2) is 6.67. The highest BCUT2D eigenvalue weighted by atomic mass is 16.3. The molecule has 1 aliphatic rings. The molecule has 0 radical (unpaired) electrons. The molecule has 0 heterocycles. The molecule has 3 rings (SSSR count). The summed E-state index contributed by atoms with van der Waals surface area (Å²) in [6.45, 7) is 1.85. The number of Topliss-reactive ketones (excluding diaryl/α,β-unsaturated/α-hetero) is 1. The Hall–Kier alpha value is -1.93. The van der Waals surface area contributed by atoms with E-state index in [0.717, 1.165) is 12.8 Å². The van der Waals surface area contributed by atoms with Crippen molar-refractivity contribution in [3.05, 3.63) is 60.2 Å². The lowest BCUT2D eigenvalue weighted by Crippen LogP contribution is -2.21. The first-order valence-corrected chi connectivity index (χ1v) is 8.43. The second-order valence-corrected chi connectivity index (χ2v) is 6.94. The van der Waals surface area contributed by atoms with E-state index in [4.69, 9.17) is 0 Å². The average molecular weight is 308 g/mol. The maximum absolute atomic E-state index is 11.3. The largest absolute Gasteiger partial charge is 0.386 e. The van der Waals surface area contributed by atoms with Crippen LogP contribution in [0, 0.1) is 5.92 Å². The summed E-state index contributed by atoms with van der Waals surface area (Å²) in [5, 5.41) is 13.0. The molecule has 2 atom stereocenters. The van der Waals surface area contributed by atoms with Gasteiger partial charge in [-0.2, -0.15) is 0 Å². The molecular weight excluding hydrogens is 284 g/mol. The van der Waals surface area contributed by atoms with Gasteiger partial charge < -0.3 is 5.11 Å². The Labute approximate surface area is 137 Å². The lowest BCUT2D eigenvalue weighted by Gasteiger charge is -2.19. The van der Waals surface area contributed by atoms with E-state index in [1.54, 1.807) is 0 Å². The minimum Gasteiger partial charge on any atom is -0.386 e. The molecule has 120 valence electrons. The molecule has 1 fully saturated rings. The van der Waals surface area contributed by atoms with Crippen molar-refractivity contribution < 1.29 is 9.90 Å². The summed E-state index contributed by atoms with van der Waals surface area (Å²) in [5.74, 6) is 0.658. The lowest BCUT2D eigenvalue weighted by atomic mass is 9.93. The fourth-order valence-electron chi connectivity index (χ4n) is 3.23. The predicted octanol–water partition coefficient (Wildman–Crippen LogP) is 4.45. The Kier molecular flexibility index (Phi) is 4.63.